The van der Waals surface area contributed by atoms with Crippen LogP contribution >= 0.6 is 11.8 Å². The van der Waals surface area contributed by atoms with E-state index in [0.717, 1.165) is 16.7 Å². The third-order valence-corrected chi connectivity index (χ3v) is 6.81. The fourth-order valence-electron chi connectivity index (χ4n) is 4.14. The van der Waals surface area contributed by atoms with E-state index < -0.39 is 23.7 Å². The molecule has 3 aromatic carbocycles. The Hall–Kier alpha value is -4.24. The molecule has 0 aliphatic heterocycles. The molecule has 200 valence electrons. The summed E-state index contributed by atoms with van der Waals surface area (Å²) in [6.07, 6.45) is 9.48. The number of nitrogens with one attached hydrogen (secondary N) is 1. The Kier molecular flexibility index (Phi) is 9.27. The Labute approximate surface area is 230 Å². The number of nitrogens with zero attached hydrogens (tertiary/aromatic N) is 2. The van der Waals surface area contributed by atoms with Crippen LogP contribution in [0.5, 0.6) is 0 Å². The number of primary amides is 1. The summed E-state index contributed by atoms with van der Waals surface area (Å²) in [6.45, 7) is 0.482. The standard InChI is InChI=1S/C30H28F2N4O2S/c1-39-15-12-28(29(33)37)35-30(38)26-11-2-20(17-27(26)22-5-9-25(32)10-6-22)16-23(18-36-14-13-34-19-36)21-3-7-24(31)8-4-21/h2-11,13-14,16-17,19,28H,12,15,18H2,1H3,(H2,33,37)(H,35,38)/b23-16-/t28-/m0/s1. The van der Waals surface area contributed by atoms with Gasteiger partial charge in [-0.15, -0.1) is 0 Å². The zero-order valence-corrected chi connectivity index (χ0v) is 22.1. The molecule has 6 nitrogen and oxygen atoms in total. The maximum absolute atomic E-state index is 13.7. The lowest BCUT2D eigenvalue weighted by Gasteiger charge is -2.17. The van der Waals surface area contributed by atoms with Gasteiger partial charge in [-0.05, 0) is 88.7 Å². The highest BCUT2D eigenvalue weighted by Gasteiger charge is 2.21. The number of carbonyl (C=O) groups excluding carboxylic acids is 2. The lowest BCUT2D eigenvalue weighted by Crippen LogP contribution is -2.44. The van der Waals surface area contributed by atoms with Crippen LogP contribution in [0, 0.1) is 11.6 Å². The van der Waals surface area contributed by atoms with E-state index >= 15 is 0 Å². The lowest BCUT2D eigenvalue weighted by atomic mass is 9.94. The Morgan fingerprint density at radius 3 is 2.36 bits per heavy atom. The Morgan fingerprint density at radius 1 is 1.05 bits per heavy atom. The van der Waals surface area contributed by atoms with Gasteiger partial charge in [0.2, 0.25) is 5.91 Å². The van der Waals surface area contributed by atoms with Crippen LogP contribution in [0.25, 0.3) is 22.8 Å². The minimum Gasteiger partial charge on any atom is -0.368 e. The smallest absolute Gasteiger partial charge is 0.252 e. The van der Waals surface area contributed by atoms with Crippen molar-refractivity contribution in [3.8, 4) is 11.1 Å². The van der Waals surface area contributed by atoms with Crippen molar-refractivity contribution < 1.29 is 18.4 Å². The molecule has 1 aromatic heterocycles. The molecule has 1 atom stereocenters. The average Bonchev–Trinajstić information content (AvgIpc) is 3.44. The van der Waals surface area contributed by atoms with E-state index in [1.54, 1.807) is 60.7 Å². The molecule has 0 fully saturated rings. The van der Waals surface area contributed by atoms with Gasteiger partial charge in [0.15, 0.2) is 0 Å². The van der Waals surface area contributed by atoms with Crippen LogP contribution in [0.4, 0.5) is 8.78 Å². The largest absolute Gasteiger partial charge is 0.368 e. The van der Waals surface area contributed by atoms with Crippen LogP contribution in [0.1, 0.15) is 27.9 Å². The molecular weight excluding hydrogens is 518 g/mol. The van der Waals surface area contributed by atoms with Crippen molar-refractivity contribution >= 4 is 35.2 Å². The topological polar surface area (TPSA) is 90.0 Å². The molecule has 0 spiro atoms. The normalized spacial score (nSPS) is 12.2. The monoisotopic (exact) mass is 546 g/mol. The van der Waals surface area contributed by atoms with Gasteiger partial charge in [0.1, 0.15) is 17.7 Å². The zero-order valence-electron chi connectivity index (χ0n) is 21.3. The molecule has 0 unspecified atom stereocenters. The minimum atomic E-state index is -0.814. The van der Waals surface area contributed by atoms with Crippen LogP contribution < -0.4 is 11.1 Å². The predicted molar refractivity (Wildman–Crippen MR) is 152 cm³/mol. The van der Waals surface area contributed by atoms with E-state index in [9.17, 15) is 18.4 Å². The third kappa shape index (κ3) is 7.42. The number of amides is 2. The molecule has 1 heterocycles. The van der Waals surface area contributed by atoms with Gasteiger partial charge >= 0.3 is 0 Å². The molecule has 0 aliphatic carbocycles. The number of nitrogens with two attached hydrogens (primary N) is 1. The number of hydrogen-bond donors (Lipinski definition) is 2. The molecule has 4 rings (SSSR count). The molecule has 0 saturated carbocycles. The van der Waals surface area contributed by atoms with Crippen molar-refractivity contribution in [3.63, 3.8) is 0 Å². The van der Waals surface area contributed by atoms with Gasteiger partial charge in [-0.3, -0.25) is 9.59 Å². The van der Waals surface area contributed by atoms with Crippen LogP contribution in [0.3, 0.4) is 0 Å². The minimum absolute atomic E-state index is 0.326. The number of imidazole rings is 1. The number of thioether (sulfide) groups is 1. The summed E-state index contributed by atoms with van der Waals surface area (Å²) < 4.78 is 29.2. The fourth-order valence-corrected chi connectivity index (χ4v) is 4.61. The number of hydrogen-bond acceptors (Lipinski definition) is 4. The van der Waals surface area contributed by atoms with Crippen molar-refractivity contribution in [2.45, 2.75) is 19.0 Å². The SMILES string of the molecule is CSCC[C@H](NC(=O)c1ccc(/C=C(/Cn2ccnc2)c2ccc(F)cc2)cc1-c1ccc(F)cc1)C(N)=O. The first-order valence-electron chi connectivity index (χ1n) is 12.3. The van der Waals surface area contributed by atoms with E-state index in [4.69, 9.17) is 5.73 Å². The van der Waals surface area contributed by atoms with Crippen molar-refractivity contribution in [2.75, 3.05) is 12.0 Å². The number of allylic oxidation sites excluding steroid dienone is 1. The number of carbonyl (C=O) groups is 2. The Morgan fingerprint density at radius 2 is 1.74 bits per heavy atom. The molecule has 0 saturated heterocycles. The summed E-state index contributed by atoms with van der Waals surface area (Å²) >= 11 is 1.55. The van der Waals surface area contributed by atoms with Crippen LogP contribution in [-0.4, -0.2) is 39.4 Å². The van der Waals surface area contributed by atoms with E-state index in [1.165, 1.54) is 24.3 Å². The molecule has 0 aliphatic rings. The van der Waals surface area contributed by atoms with E-state index in [-0.39, 0.29) is 5.82 Å². The highest BCUT2D eigenvalue weighted by Crippen LogP contribution is 2.29. The highest BCUT2D eigenvalue weighted by atomic mass is 32.2. The van der Waals surface area contributed by atoms with Crippen molar-refractivity contribution in [3.05, 3.63) is 114 Å². The second-order valence-corrected chi connectivity index (χ2v) is 9.92. The van der Waals surface area contributed by atoms with E-state index in [0.29, 0.717) is 35.4 Å². The number of aromatic nitrogens is 2. The van der Waals surface area contributed by atoms with Gasteiger partial charge in [0.05, 0.1) is 6.33 Å². The first-order chi connectivity index (χ1) is 18.8. The Bertz CT molecular complexity index is 1450. The molecule has 0 bridgehead atoms. The van der Waals surface area contributed by atoms with Crippen LogP contribution in [0.2, 0.25) is 0 Å². The van der Waals surface area contributed by atoms with Crippen LogP contribution in [0.15, 0.2) is 85.5 Å². The summed E-state index contributed by atoms with van der Waals surface area (Å²) in [6, 6.07) is 16.6. The first kappa shape index (κ1) is 27.8. The van der Waals surface area contributed by atoms with Gasteiger partial charge < -0.3 is 15.6 Å². The van der Waals surface area contributed by atoms with Gasteiger partial charge in [-0.25, -0.2) is 13.8 Å². The summed E-state index contributed by atoms with van der Waals surface area (Å²) in [5.41, 5.74) is 9.55. The van der Waals surface area contributed by atoms with Crippen molar-refractivity contribution in [1.29, 1.82) is 0 Å². The molecule has 9 heteroatoms. The van der Waals surface area contributed by atoms with E-state index in [2.05, 4.69) is 10.3 Å². The number of benzene rings is 3. The molecule has 2 amide bonds. The summed E-state index contributed by atoms with van der Waals surface area (Å²) in [5.74, 6) is -1.13. The fraction of sp³-hybridized carbons (Fsp3) is 0.167. The number of halogens is 2. The van der Waals surface area contributed by atoms with Gasteiger partial charge in [0.25, 0.3) is 5.91 Å². The second-order valence-electron chi connectivity index (χ2n) is 8.93. The predicted octanol–water partition coefficient (Wildman–Crippen LogP) is 5.41. The second kappa shape index (κ2) is 13.0. The molecule has 39 heavy (non-hydrogen) atoms. The van der Waals surface area contributed by atoms with Gasteiger partial charge in [0, 0.05) is 24.5 Å². The van der Waals surface area contributed by atoms with Crippen LogP contribution in [-0.2, 0) is 11.3 Å². The molecule has 0 radical (unpaired) electrons. The summed E-state index contributed by atoms with van der Waals surface area (Å²) in [7, 11) is 0. The first-order valence-corrected chi connectivity index (χ1v) is 13.6. The van der Waals surface area contributed by atoms with E-state index in [1.807, 2.05) is 29.2 Å². The van der Waals surface area contributed by atoms with Gasteiger partial charge in [-0.2, -0.15) is 11.8 Å². The van der Waals surface area contributed by atoms with Crippen molar-refractivity contribution in [1.82, 2.24) is 14.9 Å². The highest BCUT2D eigenvalue weighted by molar-refractivity contribution is 7.98. The number of rotatable bonds is 11. The Balaban J connectivity index is 1.76. The van der Waals surface area contributed by atoms with Crippen molar-refractivity contribution in [2.24, 2.45) is 5.73 Å². The quantitative estimate of drug-likeness (QED) is 0.246. The maximum Gasteiger partial charge on any atom is 0.252 e. The summed E-state index contributed by atoms with van der Waals surface area (Å²) in [5, 5.41) is 2.75. The zero-order chi connectivity index (χ0) is 27.8. The lowest BCUT2D eigenvalue weighted by molar-refractivity contribution is -0.119. The van der Waals surface area contributed by atoms with Gasteiger partial charge in [-0.1, -0.05) is 30.3 Å². The molecule has 4 aromatic rings. The molecule has 3 N–H and O–H groups in total. The average molecular weight is 547 g/mol. The maximum atomic E-state index is 13.7. The third-order valence-electron chi connectivity index (χ3n) is 6.17. The molecular formula is C30H28F2N4O2S. The summed E-state index contributed by atoms with van der Waals surface area (Å²) in [4.78, 5) is 29.4.